The highest BCUT2D eigenvalue weighted by Gasteiger charge is 2.39. The first-order valence-electron chi connectivity index (χ1n) is 9.39. The molecule has 1 fully saturated rings. The molecule has 156 valence electrons. The van der Waals surface area contributed by atoms with Gasteiger partial charge in [0.2, 0.25) is 5.76 Å². The fourth-order valence-corrected chi connectivity index (χ4v) is 3.31. The summed E-state index contributed by atoms with van der Waals surface area (Å²) in [6.45, 7) is 0.0249. The van der Waals surface area contributed by atoms with Crippen LogP contribution in [-0.2, 0) is 22.3 Å². The maximum absolute atomic E-state index is 13.1. The van der Waals surface area contributed by atoms with Gasteiger partial charge in [0.05, 0.1) is 12.1 Å². The van der Waals surface area contributed by atoms with E-state index in [2.05, 4.69) is 0 Å². The summed E-state index contributed by atoms with van der Waals surface area (Å²) in [5, 5.41) is 0. The van der Waals surface area contributed by atoms with Gasteiger partial charge in [0.1, 0.15) is 0 Å². The number of carbonyl (C=O) groups excluding carboxylic acids is 2. The standard InChI is InChI=1S/C24H16F3NO3/c25-24(26,27)19-13-11-18(12-14-19)20(17-9-5-2-6-10-17)21-22(29)28(23(30)31-21)15-16-7-3-1-4-8-16/h1-14H,15H2/b21-20+. The van der Waals surface area contributed by atoms with Crippen LogP contribution in [0.25, 0.3) is 5.57 Å². The zero-order valence-corrected chi connectivity index (χ0v) is 16.1. The molecule has 0 unspecified atom stereocenters. The Morgan fingerprint density at radius 3 is 1.90 bits per heavy atom. The zero-order chi connectivity index (χ0) is 22.0. The molecule has 1 aliphatic heterocycles. The zero-order valence-electron chi connectivity index (χ0n) is 16.1. The van der Waals surface area contributed by atoms with E-state index in [1.807, 2.05) is 6.07 Å². The summed E-state index contributed by atoms with van der Waals surface area (Å²) in [5.74, 6) is -0.862. The van der Waals surface area contributed by atoms with Crippen LogP contribution in [0.15, 0.2) is 90.7 Å². The number of cyclic esters (lactones) is 1. The molecule has 0 radical (unpaired) electrons. The second kappa shape index (κ2) is 8.10. The monoisotopic (exact) mass is 423 g/mol. The molecule has 0 saturated carbocycles. The number of hydrogen-bond donors (Lipinski definition) is 0. The van der Waals surface area contributed by atoms with E-state index in [-0.39, 0.29) is 17.9 Å². The molecule has 7 heteroatoms. The van der Waals surface area contributed by atoms with Gasteiger partial charge in [-0.1, -0.05) is 72.8 Å². The van der Waals surface area contributed by atoms with Crippen LogP contribution >= 0.6 is 0 Å². The summed E-state index contributed by atoms with van der Waals surface area (Å²) in [4.78, 5) is 26.5. The van der Waals surface area contributed by atoms with Gasteiger partial charge in [-0.05, 0) is 28.8 Å². The lowest BCUT2D eigenvalue weighted by atomic mass is 9.95. The number of alkyl halides is 3. The summed E-state index contributed by atoms with van der Waals surface area (Å²) in [5.41, 5.74) is 1.05. The Balaban J connectivity index is 1.78. The Bertz CT molecular complexity index is 1140. The second-order valence-corrected chi connectivity index (χ2v) is 6.89. The molecular formula is C24H16F3NO3. The van der Waals surface area contributed by atoms with Gasteiger partial charge in [-0.3, -0.25) is 4.79 Å². The lowest BCUT2D eigenvalue weighted by Crippen LogP contribution is -2.28. The molecule has 0 spiro atoms. The quantitative estimate of drug-likeness (QED) is 0.510. The Hall–Kier alpha value is -3.87. The lowest BCUT2D eigenvalue weighted by Gasteiger charge is -2.13. The first kappa shape index (κ1) is 20.4. The Morgan fingerprint density at radius 2 is 1.32 bits per heavy atom. The molecule has 0 aromatic heterocycles. The van der Waals surface area contributed by atoms with Crippen LogP contribution in [0.4, 0.5) is 18.0 Å². The van der Waals surface area contributed by atoms with E-state index in [0.29, 0.717) is 11.1 Å². The van der Waals surface area contributed by atoms with E-state index < -0.39 is 23.7 Å². The molecule has 4 rings (SSSR count). The smallest absolute Gasteiger partial charge is 0.403 e. The van der Waals surface area contributed by atoms with Crippen molar-refractivity contribution in [1.82, 2.24) is 4.90 Å². The van der Waals surface area contributed by atoms with Crippen molar-refractivity contribution in [2.24, 2.45) is 0 Å². The van der Waals surface area contributed by atoms with E-state index >= 15 is 0 Å². The van der Waals surface area contributed by atoms with Gasteiger partial charge >= 0.3 is 12.3 Å². The SMILES string of the molecule is O=C1O/C(=C(\c2ccccc2)c2ccc(C(F)(F)F)cc2)C(=O)N1Cc1ccccc1. The fourth-order valence-electron chi connectivity index (χ4n) is 3.31. The average Bonchev–Trinajstić information content (AvgIpc) is 3.03. The van der Waals surface area contributed by atoms with Crippen molar-refractivity contribution < 1.29 is 27.5 Å². The molecule has 1 saturated heterocycles. The van der Waals surface area contributed by atoms with Crippen LogP contribution in [-0.4, -0.2) is 16.9 Å². The number of imide groups is 1. The number of hydrogen-bond acceptors (Lipinski definition) is 3. The highest BCUT2D eigenvalue weighted by molar-refractivity contribution is 6.13. The van der Waals surface area contributed by atoms with Gasteiger partial charge in [-0.15, -0.1) is 0 Å². The van der Waals surface area contributed by atoms with Crippen molar-refractivity contribution in [1.29, 1.82) is 0 Å². The highest BCUT2D eigenvalue weighted by Crippen LogP contribution is 2.35. The summed E-state index contributed by atoms with van der Waals surface area (Å²) in [6, 6.07) is 21.9. The third-order valence-corrected chi connectivity index (χ3v) is 4.82. The Morgan fingerprint density at radius 1 is 0.774 bits per heavy atom. The van der Waals surface area contributed by atoms with Crippen LogP contribution in [0, 0.1) is 0 Å². The maximum atomic E-state index is 13.1. The molecule has 0 bridgehead atoms. The topological polar surface area (TPSA) is 46.6 Å². The van der Waals surface area contributed by atoms with Crippen LogP contribution in [0.1, 0.15) is 22.3 Å². The van der Waals surface area contributed by atoms with E-state index in [1.54, 1.807) is 54.6 Å². The van der Waals surface area contributed by atoms with Crippen molar-refractivity contribution >= 4 is 17.6 Å². The molecule has 2 amide bonds. The molecule has 1 heterocycles. The Kier molecular flexibility index (Phi) is 5.33. The molecule has 0 aliphatic carbocycles. The number of nitrogens with zero attached hydrogens (tertiary/aromatic N) is 1. The third-order valence-electron chi connectivity index (χ3n) is 4.82. The maximum Gasteiger partial charge on any atom is 0.422 e. The van der Waals surface area contributed by atoms with Crippen LogP contribution in [0.3, 0.4) is 0 Å². The summed E-state index contributed by atoms with van der Waals surface area (Å²) in [6.07, 6.45) is -5.31. The predicted molar refractivity (Wildman–Crippen MR) is 107 cm³/mol. The van der Waals surface area contributed by atoms with E-state index in [4.69, 9.17) is 4.74 Å². The van der Waals surface area contributed by atoms with Gasteiger partial charge in [-0.2, -0.15) is 13.2 Å². The number of benzene rings is 3. The second-order valence-electron chi connectivity index (χ2n) is 6.89. The van der Waals surface area contributed by atoms with E-state index in [9.17, 15) is 22.8 Å². The molecule has 0 N–H and O–H groups in total. The number of amides is 2. The fraction of sp³-hybridized carbons (Fsp3) is 0.0833. The normalized spacial score (nSPS) is 15.8. The summed E-state index contributed by atoms with van der Waals surface area (Å²) >= 11 is 0. The number of carbonyl (C=O) groups is 2. The van der Waals surface area contributed by atoms with Gasteiger partial charge in [0.25, 0.3) is 5.91 Å². The minimum atomic E-state index is -4.49. The molecule has 3 aromatic rings. The van der Waals surface area contributed by atoms with Gasteiger partial charge in [0, 0.05) is 5.57 Å². The van der Waals surface area contributed by atoms with Gasteiger partial charge in [-0.25, -0.2) is 9.69 Å². The number of rotatable bonds is 4. The Labute approximate surface area is 176 Å². The molecular weight excluding hydrogens is 407 g/mol. The van der Waals surface area contributed by atoms with Crippen molar-refractivity contribution in [3.63, 3.8) is 0 Å². The highest BCUT2D eigenvalue weighted by atomic mass is 19.4. The van der Waals surface area contributed by atoms with Crippen molar-refractivity contribution in [3.8, 4) is 0 Å². The first-order chi connectivity index (χ1) is 14.8. The minimum absolute atomic E-state index is 0.0249. The molecule has 3 aromatic carbocycles. The van der Waals surface area contributed by atoms with Crippen LogP contribution in [0.2, 0.25) is 0 Å². The summed E-state index contributed by atoms with van der Waals surface area (Å²) < 4.78 is 44.2. The van der Waals surface area contributed by atoms with E-state index in [0.717, 1.165) is 22.6 Å². The van der Waals surface area contributed by atoms with E-state index in [1.165, 1.54) is 12.1 Å². The molecule has 0 atom stereocenters. The molecule has 4 nitrogen and oxygen atoms in total. The van der Waals surface area contributed by atoms with Gasteiger partial charge in [0.15, 0.2) is 0 Å². The molecule has 1 aliphatic rings. The third kappa shape index (κ3) is 4.21. The van der Waals surface area contributed by atoms with Gasteiger partial charge < -0.3 is 4.74 Å². The van der Waals surface area contributed by atoms with Crippen LogP contribution < -0.4 is 0 Å². The van der Waals surface area contributed by atoms with Crippen molar-refractivity contribution in [2.45, 2.75) is 12.7 Å². The summed E-state index contributed by atoms with van der Waals surface area (Å²) in [7, 11) is 0. The molecule has 31 heavy (non-hydrogen) atoms. The lowest BCUT2D eigenvalue weighted by molar-refractivity contribution is -0.137. The first-order valence-corrected chi connectivity index (χ1v) is 9.39. The number of ether oxygens (including phenoxy) is 1. The minimum Gasteiger partial charge on any atom is -0.403 e. The number of halogens is 3. The average molecular weight is 423 g/mol. The van der Waals surface area contributed by atoms with Crippen LogP contribution in [0.5, 0.6) is 0 Å². The van der Waals surface area contributed by atoms with Crippen molar-refractivity contribution in [2.75, 3.05) is 0 Å². The largest absolute Gasteiger partial charge is 0.422 e. The predicted octanol–water partition coefficient (Wildman–Crippen LogP) is 5.64. The van der Waals surface area contributed by atoms with Crippen molar-refractivity contribution in [3.05, 3.63) is 113 Å².